The topological polar surface area (TPSA) is 49.3 Å². The van der Waals surface area contributed by atoms with E-state index in [0.29, 0.717) is 5.75 Å². The molecule has 2 unspecified atom stereocenters. The van der Waals surface area contributed by atoms with E-state index in [2.05, 4.69) is 12.2 Å². The fourth-order valence-corrected chi connectivity index (χ4v) is 2.61. The summed E-state index contributed by atoms with van der Waals surface area (Å²) in [5.41, 5.74) is 0.879. The minimum absolute atomic E-state index is 0.0633. The molecule has 0 aliphatic heterocycles. The van der Waals surface area contributed by atoms with Gasteiger partial charge in [-0.1, -0.05) is 25.5 Å². The minimum Gasteiger partial charge on any atom is -0.389 e. The third-order valence-corrected chi connectivity index (χ3v) is 3.83. The normalized spacial score (nSPS) is 13.9. The molecular formula is C15H23NO2S. The molecule has 2 N–H and O–H groups in total. The highest BCUT2D eigenvalue weighted by molar-refractivity contribution is 8.00. The smallest absolute Gasteiger partial charge is 0.230 e. The number of benzene rings is 1. The Balaban J connectivity index is 2.43. The number of hydrogen-bond donors (Lipinski definition) is 2. The molecule has 0 bridgehead atoms. The van der Waals surface area contributed by atoms with E-state index in [1.807, 2.05) is 31.2 Å². The van der Waals surface area contributed by atoms with Gasteiger partial charge < -0.3 is 10.4 Å². The molecule has 0 saturated heterocycles. The summed E-state index contributed by atoms with van der Waals surface area (Å²) in [7, 11) is 0. The van der Waals surface area contributed by atoms with E-state index in [9.17, 15) is 9.90 Å². The zero-order valence-electron chi connectivity index (χ0n) is 11.8. The monoisotopic (exact) mass is 281 g/mol. The Labute approximate surface area is 119 Å². The molecule has 1 rings (SSSR count). The predicted molar refractivity (Wildman–Crippen MR) is 80.3 cm³/mol. The van der Waals surface area contributed by atoms with Crippen LogP contribution in [0.5, 0.6) is 0 Å². The van der Waals surface area contributed by atoms with Gasteiger partial charge in [-0.05, 0) is 38.0 Å². The van der Waals surface area contributed by atoms with Gasteiger partial charge in [-0.2, -0.15) is 0 Å². The lowest BCUT2D eigenvalue weighted by molar-refractivity contribution is -0.119. The first-order valence-corrected chi connectivity index (χ1v) is 7.71. The van der Waals surface area contributed by atoms with Crippen LogP contribution in [0.3, 0.4) is 0 Å². The number of nitrogens with one attached hydrogen (secondary N) is 1. The standard InChI is InChI=1S/C15H23NO2S/c1-4-6-11(2)16-15(18)10-19-14-8-5-7-13(9-14)12(3)17/h5,7-9,11-12,17H,4,6,10H2,1-3H3,(H,16,18). The largest absolute Gasteiger partial charge is 0.389 e. The van der Waals surface area contributed by atoms with Crippen molar-refractivity contribution in [1.82, 2.24) is 5.32 Å². The average molecular weight is 281 g/mol. The van der Waals surface area contributed by atoms with Crippen molar-refractivity contribution in [3.05, 3.63) is 29.8 Å². The van der Waals surface area contributed by atoms with E-state index >= 15 is 0 Å². The summed E-state index contributed by atoms with van der Waals surface area (Å²) < 4.78 is 0. The molecule has 4 heteroatoms. The Bertz CT molecular complexity index is 407. The number of aliphatic hydroxyl groups excluding tert-OH is 1. The molecule has 106 valence electrons. The Kier molecular flexibility index (Phi) is 6.95. The molecule has 2 atom stereocenters. The van der Waals surface area contributed by atoms with Gasteiger partial charge >= 0.3 is 0 Å². The molecule has 1 aromatic rings. The van der Waals surface area contributed by atoms with E-state index in [-0.39, 0.29) is 11.9 Å². The highest BCUT2D eigenvalue weighted by atomic mass is 32.2. The van der Waals surface area contributed by atoms with Gasteiger partial charge in [0, 0.05) is 10.9 Å². The molecule has 0 radical (unpaired) electrons. The summed E-state index contributed by atoms with van der Waals surface area (Å²) in [6.07, 6.45) is 1.61. The van der Waals surface area contributed by atoms with Crippen molar-refractivity contribution < 1.29 is 9.90 Å². The van der Waals surface area contributed by atoms with Crippen LogP contribution in [-0.4, -0.2) is 22.8 Å². The van der Waals surface area contributed by atoms with Gasteiger partial charge in [0.2, 0.25) is 5.91 Å². The second-order valence-corrected chi connectivity index (χ2v) is 5.84. The van der Waals surface area contributed by atoms with Gasteiger partial charge in [-0.15, -0.1) is 11.8 Å². The summed E-state index contributed by atoms with van der Waals surface area (Å²) in [6.45, 7) is 5.88. The SMILES string of the molecule is CCCC(C)NC(=O)CSc1cccc(C(C)O)c1. The van der Waals surface area contributed by atoms with Gasteiger partial charge in [0.05, 0.1) is 11.9 Å². The number of carbonyl (C=O) groups excluding carboxylic acids is 1. The summed E-state index contributed by atoms with van der Waals surface area (Å²) >= 11 is 1.50. The minimum atomic E-state index is -0.473. The lowest BCUT2D eigenvalue weighted by atomic mass is 10.1. The molecule has 0 aromatic heterocycles. The molecule has 0 fully saturated rings. The highest BCUT2D eigenvalue weighted by Gasteiger charge is 2.08. The average Bonchev–Trinajstić information content (AvgIpc) is 2.37. The molecule has 0 spiro atoms. The summed E-state index contributed by atoms with van der Waals surface area (Å²) in [5.74, 6) is 0.477. The first-order valence-electron chi connectivity index (χ1n) is 6.73. The molecule has 3 nitrogen and oxygen atoms in total. The van der Waals surface area contributed by atoms with E-state index < -0.39 is 6.10 Å². The van der Waals surface area contributed by atoms with E-state index in [1.54, 1.807) is 6.92 Å². The zero-order valence-corrected chi connectivity index (χ0v) is 12.7. The molecule has 19 heavy (non-hydrogen) atoms. The van der Waals surface area contributed by atoms with E-state index in [4.69, 9.17) is 0 Å². The van der Waals surface area contributed by atoms with Crippen molar-refractivity contribution in [3.8, 4) is 0 Å². The first-order chi connectivity index (χ1) is 9.02. The van der Waals surface area contributed by atoms with Crippen LogP contribution in [0.25, 0.3) is 0 Å². The molecule has 1 amide bonds. The maximum Gasteiger partial charge on any atom is 0.230 e. The number of carbonyl (C=O) groups is 1. The molecule has 0 saturated carbocycles. The quantitative estimate of drug-likeness (QED) is 0.755. The van der Waals surface area contributed by atoms with Gasteiger partial charge in [0.1, 0.15) is 0 Å². The summed E-state index contributed by atoms with van der Waals surface area (Å²) in [5, 5.41) is 12.5. The summed E-state index contributed by atoms with van der Waals surface area (Å²) in [6, 6.07) is 7.92. The van der Waals surface area contributed by atoms with Crippen LogP contribution in [0.2, 0.25) is 0 Å². The Morgan fingerprint density at radius 1 is 1.42 bits per heavy atom. The van der Waals surface area contributed by atoms with Crippen molar-refractivity contribution in [2.24, 2.45) is 0 Å². The van der Waals surface area contributed by atoms with Crippen molar-refractivity contribution >= 4 is 17.7 Å². The highest BCUT2D eigenvalue weighted by Crippen LogP contribution is 2.22. The van der Waals surface area contributed by atoms with E-state index in [1.165, 1.54) is 11.8 Å². The number of rotatable bonds is 7. The predicted octanol–water partition coefficient (Wildman–Crippen LogP) is 3.14. The molecule has 0 aliphatic rings. The van der Waals surface area contributed by atoms with Crippen LogP contribution in [0.4, 0.5) is 0 Å². The number of thioether (sulfide) groups is 1. The third kappa shape index (κ3) is 6.12. The van der Waals surface area contributed by atoms with Gasteiger partial charge in [-0.25, -0.2) is 0 Å². The zero-order chi connectivity index (χ0) is 14.3. The maximum atomic E-state index is 11.7. The molecule has 0 aliphatic carbocycles. The second-order valence-electron chi connectivity index (χ2n) is 4.79. The summed E-state index contributed by atoms with van der Waals surface area (Å²) in [4.78, 5) is 12.7. The number of aliphatic hydroxyl groups is 1. The van der Waals surface area contributed by atoms with Crippen LogP contribution in [0.15, 0.2) is 29.2 Å². The van der Waals surface area contributed by atoms with Crippen LogP contribution in [-0.2, 0) is 4.79 Å². The van der Waals surface area contributed by atoms with Gasteiger partial charge in [0.25, 0.3) is 0 Å². The number of amides is 1. The van der Waals surface area contributed by atoms with Crippen LogP contribution >= 0.6 is 11.8 Å². The van der Waals surface area contributed by atoms with Crippen LogP contribution in [0, 0.1) is 0 Å². The Morgan fingerprint density at radius 2 is 2.16 bits per heavy atom. The fraction of sp³-hybridized carbons (Fsp3) is 0.533. The van der Waals surface area contributed by atoms with Crippen molar-refractivity contribution in [2.75, 3.05) is 5.75 Å². The van der Waals surface area contributed by atoms with Crippen LogP contribution < -0.4 is 5.32 Å². The Morgan fingerprint density at radius 3 is 2.79 bits per heavy atom. The van der Waals surface area contributed by atoms with Crippen molar-refractivity contribution in [1.29, 1.82) is 0 Å². The molecule has 0 heterocycles. The lowest BCUT2D eigenvalue weighted by Crippen LogP contribution is -2.33. The van der Waals surface area contributed by atoms with Gasteiger partial charge in [0.15, 0.2) is 0 Å². The second kappa shape index (κ2) is 8.23. The van der Waals surface area contributed by atoms with Gasteiger partial charge in [-0.3, -0.25) is 4.79 Å². The number of hydrogen-bond acceptors (Lipinski definition) is 3. The molecular weight excluding hydrogens is 258 g/mol. The molecule has 1 aromatic carbocycles. The van der Waals surface area contributed by atoms with E-state index in [0.717, 1.165) is 23.3 Å². The van der Waals surface area contributed by atoms with Crippen molar-refractivity contribution in [2.45, 2.75) is 50.7 Å². The lowest BCUT2D eigenvalue weighted by Gasteiger charge is -2.12. The fourth-order valence-electron chi connectivity index (χ4n) is 1.83. The first kappa shape index (κ1) is 16.1. The third-order valence-electron chi connectivity index (χ3n) is 2.84. The van der Waals surface area contributed by atoms with Crippen LogP contribution in [0.1, 0.15) is 45.3 Å². The Hall–Kier alpha value is -1.00. The van der Waals surface area contributed by atoms with Crippen molar-refractivity contribution in [3.63, 3.8) is 0 Å². The maximum absolute atomic E-state index is 11.7.